The highest BCUT2D eigenvalue weighted by Gasteiger charge is 2.22. The summed E-state index contributed by atoms with van der Waals surface area (Å²) in [7, 11) is 1.99. The van der Waals surface area contributed by atoms with Crippen molar-refractivity contribution in [2.45, 2.75) is 32.6 Å². The van der Waals surface area contributed by atoms with Gasteiger partial charge in [0.1, 0.15) is 5.75 Å². The first-order valence-corrected chi connectivity index (χ1v) is 7.32. The maximum absolute atomic E-state index is 11.2. The van der Waals surface area contributed by atoms with Gasteiger partial charge in [0.25, 0.3) is 0 Å². The van der Waals surface area contributed by atoms with E-state index >= 15 is 0 Å². The van der Waals surface area contributed by atoms with Crippen molar-refractivity contribution in [1.82, 2.24) is 0 Å². The van der Waals surface area contributed by atoms with Crippen molar-refractivity contribution in [3.05, 3.63) is 23.8 Å². The average molecular weight is 277 g/mol. The molecule has 1 aliphatic rings. The fourth-order valence-electron chi connectivity index (χ4n) is 2.03. The van der Waals surface area contributed by atoms with Crippen LogP contribution < -0.4 is 9.64 Å². The monoisotopic (exact) mass is 277 g/mol. The number of hydrogen-bond acceptors (Lipinski definition) is 3. The van der Waals surface area contributed by atoms with Gasteiger partial charge in [0.05, 0.1) is 12.2 Å². The molecule has 4 nitrogen and oxygen atoms in total. The number of hydrogen-bond donors (Lipinski definition) is 1. The van der Waals surface area contributed by atoms with Gasteiger partial charge in [-0.1, -0.05) is 13.3 Å². The zero-order valence-corrected chi connectivity index (χ0v) is 12.3. The molecule has 0 amide bonds. The topological polar surface area (TPSA) is 49.8 Å². The maximum atomic E-state index is 11.2. The molecule has 1 saturated carbocycles. The number of nitrogens with zero attached hydrogens (tertiary/aromatic N) is 1. The van der Waals surface area contributed by atoms with Crippen molar-refractivity contribution in [2.75, 3.05) is 25.1 Å². The van der Waals surface area contributed by atoms with Crippen LogP contribution in [0.4, 0.5) is 5.69 Å². The van der Waals surface area contributed by atoms with Crippen molar-refractivity contribution in [3.8, 4) is 5.75 Å². The minimum atomic E-state index is -0.910. The molecule has 20 heavy (non-hydrogen) atoms. The zero-order chi connectivity index (χ0) is 14.5. The van der Waals surface area contributed by atoms with Crippen molar-refractivity contribution in [2.24, 2.45) is 5.92 Å². The third kappa shape index (κ3) is 4.15. The molecule has 1 N–H and O–H groups in total. The van der Waals surface area contributed by atoms with E-state index in [0.29, 0.717) is 18.3 Å². The highest BCUT2D eigenvalue weighted by Crippen LogP contribution is 2.31. The maximum Gasteiger partial charge on any atom is 0.335 e. The molecule has 0 radical (unpaired) electrons. The normalized spacial score (nSPS) is 14.1. The minimum absolute atomic E-state index is 0.289. The Morgan fingerprint density at radius 3 is 2.75 bits per heavy atom. The van der Waals surface area contributed by atoms with Crippen LogP contribution in [0.2, 0.25) is 0 Å². The molecule has 0 spiro atoms. The number of carbonyl (C=O) groups is 1. The summed E-state index contributed by atoms with van der Waals surface area (Å²) in [6.45, 7) is 3.76. The van der Waals surface area contributed by atoms with Crippen LogP contribution in [0.1, 0.15) is 43.0 Å². The molecule has 110 valence electrons. The quantitative estimate of drug-likeness (QED) is 0.791. The molecular weight excluding hydrogens is 254 g/mol. The summed E-state index contributed by atoms with van der Waals surface area (Å²) in [6, 6.07) is 5.26. The van der Waals surface area contributed by atoms with E-state index in [1.807, 2.05) is 13.1 Å². The molecule has 0 unspecified atom stereocenters. The fraction of sp³-hybridized carbons (Fsp3) is 0.562. The van der Waals surface area contributed by atoms with Gasteiger partial charge in [0.15, 0.2) is 0 Å². The Balaban J connectivity index is 2.13. The molecule has 1 aromatic carbocycles. The fourth-order valence-corrected chi connectivity index (χ4v) is 2.03. The van der Waals surface area contributed by atoms with Crippen LogP contribution >= 0.6 is 0 Å². The molecule has 1 aliphatic carbocycles. The first-order valence-electron chi connectivity index (χ1n) is 7.32. The van der Waals surface area contributed by atoms with E-state index in [-0.39, 0.29) is 5.56 Å². The Kier molecular flexibility index (Phi) is 4.88. The van der Waals surface area contributed by atoms with Gasteiger partial charge < -0.3 is 14.7 Å². The molecule has 1 fully saturated rings. The van der Waals surface area contributed by atoms with Crippen LogP contribution in [-0.4, -0.2) is 31.3 Å². The van der Waals surface area contributed by atoms with Gasteiger partial charge in [-0.05, 0) is 37.3 Å². The standard InChI is InChI=1S/C16H23NO3/c1-3-4-7-17(2)14-8-13(16(18)19)9-15(10-14)20-11-12-5-6-12/h8-10,12H,3-7,11H2,1-2H3,(H,18,19). The van der Waals surface area contributed by atoms with Gasteiger partial charge in [-0.15, -0.1) is 0 Å². The number of aromatic carboxylic acids is 1. The second-order valence-electron chi connectivity index (χ2n) is 5.55. The number of ether oxygens (including phenoxy) is 1. The smallest absolute Gasteiger partial charge is 0.335 e. The first-order chi connectivity index (χ1) is 9.60. The third-order valence-corrected chi connectivity index (χ3v) is 3.61. The largest absolute Gasteiger partial charge is 0.493 e. The summed E-state index contributed by atoms with van der Waals surface area (Å²) < 4.78 is 5.73. The molecule has 0 bridgehead atoms. The van der Waals surface area contributed by atoms with E-state index < -0.39 is 5.97 Å². The molecule has 2 rings (SSSR count). The van der Waals surface area contributed by atoms with Gasteiger partial charge in [-0.25, -0.2) is 4.79 Å². The zero-order valence-electron chi connectivity index (χ0n) is 12.3. The van der Waals surface area contributed by atoms with Crippen LogP contribution in [-0.2, 0) is 0 Å². The summed E-state index contributed by atoms with van der Waals surface area (Å²) in [5.41, 5.74) is 1.20. The van der Waals surface area contributed by atoms with E-state index in [0.717, 1.165) is 25.1 Å². The molecule has 0 aromatic heterocycles. The van der Waals surface area contributed by atoms with Crippen molar-refractivity contribution >= 4 is 11.7 Å². The second kappa shape index (κ2) is 6.64. The van der Waals surface area contributed by atoms with Gasteiger partial charge in [-0.3, -0.25) is 0 Å². The van der Waals surface area contributed by atoms with E-state index in [1.165, 1.54) is 12.8 Å². The Morgan fingerprint density at radius 1 is 1.40 bits per heavy atom. The molecule has 0 aliphatic heterocycles. The van der Waals surface area contributed by atoms with Crippen LogP contribution in [0, 0.1) is 5.92 Å². The lowest BCUT2D eigenvalue weighted by Gasteiger charge is -2.20. The third-order valence-electron chi connectivity index (χ3n) is 3.61. The number of carboxylic acids is 1. The number of unbranched alkanes of at least 4 members (excludes halogenated alkanes) is 1. The Morgan fingerprint density at radius 2 is 2.15 bits per heavy atom. The van der Waals surface area contributed by atoms with Crippen molar-refractivity contribution in [3.63, 3.8) is 0 Å². The van der Waals surface area contributed by atoms with E-state index in [2.05, 4.69) is 11.8 Å². The minimum Gasteiger partial charge on any atom is -0.493 e. The van der Waals surface area contributed by atoms with E-state index in [1.54, 1.807) is 12.1 Å². The summed E-state index contributed by atoms with van der Waals surface area (Å²) in [4.78, 5) is 13.3. The highest BCUT2D eigenvalue weighted by molar-refractivity contribution is 5.89. The van der Waals surface area contributed by atoms with Crippen LogP contribution in [0.3, 0.4) is 0 Å². The van der Waals surface area contributed by atoms with E-state index in [4.69, 9.17) is 4.74 Å². The Bertz CT molecular complexity index is 469. The SMILES string of the molecule is CCCCN(C)c1cc(OCC2CC2)cc(C(=O)O)c1. The van der Waals surface area contributed by atoms with Gasteiger partial charge in [0.2, 0.25) is 0 Å². The molecule has 0 saturated heterocycles. The van der Waals surface area contributed by atoms with Gasteiger partial charge in [-0.2, -0.15) is 0 Å². The van der Waals surface area contributed by atoms with Crippen molar-refractivity contribution in [1.29, 1.82) is 0 Å². The summed E-state index contributed by atoms with van der Waals surface area (Å²) >= 11 is 0. The Hall–Kier alpha value is -1.71. The molecule has 0 heterocycles. The van der Waals surface area contributed by atoms with Gasteiger partial charge >= 0.3 is 5.97 Å². The lowest BCUT2D eigenvalue weighted by atomic mass is 10.1. The number of carboxylic acid groups (broad SMARTS) is 1. The number of anilines is 1. The second-order valence-corrected chi connectivity index (χ2v) is 5.55. The summed E-state index contributed by atoms with van der Waals surface area (Å²) in [5.74, 6) is 0.409. The predicted octanol–water partition coefficient (Wildman–Crippen LogP) is 3.41. The number of rotatable bonds is 8. The van der Waals surface area contributed by atoms with Crippen LogP contribution in [0.25, 0.3) is 0 Å². The van der Waals surface area contributed by atoms with Crippen LogP contribution in [0.5, 0.6) is 5.75 Å². The van der Waals surface area contributed by atoms with E-state index in [9.17, 15) is 9.90 Å². The van der Waals surface area contributed by atoms with Crippen molar-refractivity contribution < 1.29 is 14.6 Å². The van der Waals surface area contributed by atoms with Crippen LogP contribution in [0.15, 0.2) is 18.2 Å². The number of benzene rings is 1. The summed E-state index contributed by atoms with van der Waals surface area (Å²) in [5, 5.41) is 9.21. The molecule has 1 aromatic rings. The first kappa shape index (κ1) is 14.7. The molecule has 0 atom stereocenters. The lowest BCUT2D eigenvalue weighted by molar-refractivity contribution is 0.0696. The average Bonchev–Trinajstić information content (AvgIpc) is 3.26. The molecular formula is C16H23NO3. The predicted molar refractivity (Wildman–Crippen MR) is 79.8 cm³/mol. The molecule has 4 heteroatoms. The lowest BCUT2D eigenvalue weighted by Crippen LogP contribution is -2.19. The summed E-state index contributed by atoms with van der Waals surface area (Å²) in [6.07, 6.45) is 4.66. The highest BCUT2D eigenvalue weighted by atomic mass is 16.5. The van der Waals surface area contributed by atoms with Gasteiger partial charge in [0, 0.05) is 25.3 Å². The Labute approximate surface area is 120 Å².